The van der Waals surface area contributed by atoms with Crippen LogP contribution >= 0.6 is 11.6 Å². The van der Waals surface area contributed by atoms with Gasteiger partial charge in [0.15, 0.2) is 0 Å². The lowest BCUT2D eigenvalue weighted by molar-refractivity contribution is 0.312. The second-order valence-corrected chi connectivity index (χ2v) is 8.04. The summed E-state index contributed by atoms with van der Waals surface area (Å²) in [6.07, 6.45) is 0. The lowest BCUT2D eigenvalue weighted by Gasteiger charge is -2.25. The Bertz CT molecular complexity index is 527. The summed E-state index contributed by atoms with van der Waals surface area (Å²) in [7, 11) is 0.427. The Labute approximate surface area is 133 Å². The molecule has 0 aliphatic heterocycles. The van der Waals surface area contributed by atoms with E-state index in [-0.39, 0.29) is 5.92 Å². The third-order valence-corrected chi connectivity index (χ3v) is 5.27. The number of benzene rings is 1. The number of nitrogens with zero attached hydrogens (tertiary/aromatic N) is 2. The van der Waals surface area contributed by atoms with Crippen LogP contribution in [0.5, 0.6) is 0 Å². The quantitative estimate of drug-likeness (QED) is 0.687. The van der Waals surface area contributed by atoms with Gasteiger partial charge in [-0.25, -0.2) is 8.42 Å². The molecule has 21 heavy (non-hydrogen) atoms. The standard InChI is InChI=1S/C15H25ClN2O2S/c1-13(2)12-18(10-9-17(3)4)21(19,20)15-7-5-14(11-16)6-8-15/h5-8,13H,9-12H2,1-4H3. The van der Waals surface area contributed by atoms with E-state index in [0.29, 0.717) is 30.4 Å². The summed E-state index contributed by atoms with van der Waals surface area (Å²) in [5.41, 5.74) is 0.916. The molecule has 0 aliphatic rings. The van der Waals surface area contributed by atoms with E-state index in [1.165, 1.54) is 0 Å². The van der Waals surface area contributed by atoms with Gasteiger partial charge in [-0.1, -0.05) is 26.0 Å². The summed E-state index contributed by atoms with van der Waals surface area (Å²) in [6.45, 7) is 5.76. The van der Waals surface area contributed by atoms with Crippen LogP contribution in [0, 0.1) is 5.92 Å². The zero-order valence-electron chi connectivity index (χ0n) is 13.2. The summed E-state index contributed by atoms with van der Waals surface area (Å²) in [6, 6.07) is 6.80. The smallest absolute Gasteiger partial charge is 0.243 e. The average molecular weight is 333 g/mol. The summed E-state index contributed by atoms with van der Waals surface area (Å²) in [5.74, 6) is 0.667. The normalized spacial score (nSPS) is 12.6. The second kappa shape index (κ2) is 8.13. The van der Waals surface area contributed by atoms with Crippen LogP contribution < -0.4 is 0 Å². The Morgan fingerprint density at radius 1 is 1.10 bits per heavy atom. The number of hydrogen-bond acceptors (Lipinski definition) is 3. The first-order valence-electron chi connectivity index (χ1n) is 7.07. The lowest BCUT2D eigenvalue weighted by atomic mass is 10.2. The van der Waals surface area contributed by atoms with Crippen LogP contribution in [0.2, 0.25) is 0 Å². The number of hydrogen-bond donors (Lipinski definition) is 0. The maximum Gasteiger partial charge on any atom is 0.243 e. The van der Waals surface area contributed by atoms with E-state index in [1.807, 2.05) is 32.8 Å². The fourth-order valence-corrected chi connectivity index (χ4v) is 3.70. The molecular formula is C15H25ClN2O2S. The molecule has 0 aliphatic carbocycles. The molecule has 0 spiro atoms. The monoisotopic (exact) mass is 332 g/mol. The number of rotatable bonds is 8. The first-order valence-corrected chi connectivity index (χ1v) is 9.04. The van der Waals surface area contributed by atoms with Gasteiger partial charge in [0.05, 0.1) is 4.90 Å². The van der Waals surface area contributed by atoms with Crippen LogP contribution in [0.1, 0.15) is 19.4 Å². The molecule has 0 aromatic heterocycles. The molecule has 1 rings (SSSR count). The maximum absolute atomic E-state index is 12.8. The number of alkyl halides is 1. The molecule has 4 nitrogen and oxygen atoms in total. The van der Waals surface area contributed by atoms with Gasteiger partial charge in [-0.3, -0.25) is 0 Å². The Kier molecular flexibility index (Phi) is 7.13. The largest absolute Gasteiger partial charge is 0.308 e. The molecule has 0 bridgehead atoms. The van der Waals surface area contributed by atoms with Gasteiger partial charge in [-0.2, -0.15) is 4.31 Å². The molecule has 0 radical (unpaired) electrons. The minimum Gasteiger partial charge on any atom is -0.308 e. The minimum absolute atomic E-state index is 0.282. The Balaban J connectivity index is 3.00. The molecule has 1 aromatic rings. The van der Waals surface area contributed by atoms with Crippen molar-refractivity contribution in [2.45, 2.75) is 24.6 Å². The molecule has 0 atom stereocenters. The molecule has 6 heteroatoms. The van der Waals surface area contributed by atoms with Gasteiger partial charge in [0.1, 0.15) is 0 Å². The van der Waals surface area contributed by atoms with Gasteiger partial charge in [0.25, 0.3) is 0 Å². The molecule has 0 saturated carbocycles. The van der Waals surface area contributed by atoms with Gasteiger partial charge in [-0.15, -0.1) is 11.6 Å². The van der Waals surface area contributed by atoms with Gasteiger partial charge in [0.2, 0.25) is 10.0 Å². The number of likely N-dealkylation sites (N-methyl/N-ethyl adjacent to an activating group) is 1. The van der Waals surface area contributed by atoms with E-state index in [2.05, 4.69) is 0 Å². The van der Waals surface area contributed by atoms with Crippen LogP contribution in [-0.4, -0.2) is 51.4 Å². The lowest BCUT2D eigenvalue weighted by Crippen LogP contribution is -2.38. The van der Waals surface area contributed by atoms with Crippen molar-refractivity contribution in [3.8, 4) is 0 Å². The minimum atomic E-state index is -3.45. The Hall–Kier alpha value is -0.620. The van der Waals surface area contributed by atoms with Crippen molar-refractivity contribution in [1.82, 2.24) is 9.21 Å². The SMILES string of the molecule is CC(C)CN(CCN(C)C)S(=O)(=O)c1ccc(CCl)cc1. The van der Waals surface area contributed by atoms with Crippen molar-refractivity contribution in [1.29, 1.82) is 0 Å². The van der Waals surface area contributed by atoms with E-state index in [1.54, 1.807) is 28.6 Å². The topological polar surface area (TPSA) is 40.6 Å². The zero-order chi connectivity index (χ0) is 16.0. The second-order valence-electron chi connectivity index (χ2n) is 5.84. The molecule has 0 saturated heterocycles. The van der Waals surface area contributed by atoms with Crippen LogP contribution in [-0.2, 0) is 15.9 Å². The van der Waals surface area contributed by atoms with Crippen LogP contribution in [0.15, 0.2) is 29.2 Å². The third-order valence-electron chi connectivity index (χ3n) is 3.08. The van der Waals surface area contributed by atoms with Gasteiger partial charge in [-0.05, 0) is 37.7 Å². The van der Waals surface area contributed by atoms with E-state index in [9.17, 15) is 8.42 Å². The van der Waals surface area contributed by atoms with Crippen molar-refractivity contribution < 1.29 is 8.42 Å². The molecule has 0 amide bonds. The van der Waals surface area contributed by atoms with Crippen molar-refractivity contribution in [2.75, 3.05) is 33.7 Å². The zero-order valence-corrected chi connectivity index (χ0v) is 14.8. The molecule has 1 aromatic carbocycles. The molecule has 0 N–H and O–H groups in total. The van der Waals surface area contributed by atoms with E-state index >= 15 is 0 Å². The fraction of sp³-hybridized carbons (Fsp3) is 0.600. The maximum atomic E-state index is 12.8. The van der Waals surface area contributed by atoms with Crippen LogP contribution in [0.4, 0.5) is 0 Å². The molecule has 120 valence electrons. The van der Waals surface area contributed by atoms with Crippen molar-refractivity contribution in [3.63, 3.8) is 0 Å². The predicted molar refractivity (Wildman–Crippen MR) is 88.1 cm³/mol. The molecule has 0 heterocycles. The third kappa shape index (κ3) is 5.58. The van der Waals surface area contributed by atoms with Crippen molar-refractivity contribution in [2.24, 2.45) is 5.92 Å². The first-order chi connectivity index (χ1) is 9.77. The molecular weight excluding hydrogens is 308 g/mol. The van der Waals surface area contributed by atoms with Crippen molar-refractivity contribution >= 4 is 21.6 Å². The van der Waals surface area contributed by atoms with Gasteiger partial charge >= 0.3 is 0 Å². The summed E-state index contributed by atoms with van der Waals surface area (Å²) < 4.78 is 27.1. The first kappa shape index (κ1) is 18.4. The van der Waals surface area contributed by atoms with Gasteiger partial charge in [0, 0.05) is 25.5 Å². The van der Waals surface area contributed by atoms with Crippen molar-refractivity contribution in [3.05, 3.63) is 29.8 Å². The summed E-state index contributed by atoms with van der Waals surface area (Å²) >= 11 is 5.74. The van der Waals surface area contributed by atoms with E-state index < -0.39 is 10.0 Å². The summed E-state index contributed by atoms with van der Waals surface area (Å²) in [4.78, 5) is 2.31. The molecule has 0 unspecified atom stereocenters. The van der Waals surface area contributed by atoms with Gasteiger partial charge < -0.3 is 4.90 Å². The summed E-state index contributed by atoms with van der Waals surface area (Å²) in [5, 5.41) is 0. The van der Waals surface area contributed by atoms with Crippen LogP contribution in [0.25, 0.3) is 0 Å². The van der Waals surface area contributed by atoms with E-state index in [0.717, 1.165) is 5.56 Å². The number of sulfonamides is 1. The predicted octanol–water partition coefficient (Wildman–Crippen LogP) is 2.63. The highest BCUT2D eigenvalue weighted by atomic mass is 35.5. The Morgan fingerprint density at radius 2 is 1.67 bits per heavy atom. The number of halogens is 1. The highest BCUT2D eigenvalue weighted by molar-refractivity contribution is 7.89. The van der Waals surface area contributed by atoms with Crippen LogP contribution in [0.3, 0.4) is 0 Å². The highest BCUT2D eigenvalue weighted by Gasteiger charge is 2.24. The van der Waals surface area contributed by atoms with E-state index in [4.69, 9.17) is 11.6 Å². The highest BCUT2D eigenvalue weighted by Crippen LogP contribution is 2.18. The molecule has 0 fully saturated rings. The Morgan fingerprint density at radius 3 is 2.10 bits per heavy atom. The fourth-order valence-electron chi connectivity index (χ4n) is 1.93. The average Bonchev–Trinajstić information content (AvgIpc) is 2.42.